The van der Waals surface area contributed by atoms with Crippen LogP contribution in [0.15, 0.2) is 30.3 Å². The van der Waals surface area contributed by atoms with Crippen LogP contribution in [0.5, 0.6) is 0 Å². The molecule has 0 aromatic heterocycles. The molecular weight excluding hydrogens is 304 g/mol. The lowest BCUT2D eigenvalue weighted by Crippen LogP contribution is -2.50. The van der Waals surface area contributed by atoms with E-state index >= 15 is 0 Å². The van der Waals surface area contributed by atoms with Gasteiger partial charge in [-0.2, -0.15) is 0 Å². The molecule has 5 heteroatoms. The van der Waals surface area contributed by atoms with Gasteiger partial charge < -0.3 is 15.0 Å². The first kappa shape index (κ1) is 17.0. The zero-order valence-corrected chi connectivity index (χ0v) is 14.2. The molecule has 0 unspecified atom stereocenters. The van der Waals surface area contributed by atoms with Crippen LogP contribution in [0.4, 0.5) is 0 Å². The van der Waals surface area contributed by atoms with E-state index in [2.05, 4.69) is 5.32 Å². The third kappa shape index (κ3) is 3.61. The molecule has 2 saturated heterocycles. The fourth-order valence-corrected chi connectivity index (χ4v) is 3.81. The predicted octanol–water partition coefficient (Wildman–Crippen LogP) is 2.28. The summed E-state index contributed by atoms with van der Waals surface area (Å²) in [4.78, 5) is 27.1. The van der Waals surface area contributed by atoms with Crippen LogP contribution in [0, 0.1) is 5.92 Å². The molecule has 0 aliphatic carbocycles. The van der Waals surface area contributed by atoms with Gasteiger partial charge in [0.25, 0.3) is 0 Å². The zero-order valence-electron chi connectivity index (χ0n) is 14.2. The Kier molecular flexibility index (Phi) is 5.51. The van der Waals surface area contributed by atoms with Crippen molar-refractivity contribution in [1.29, 1.82) is 0 Å². The molecule has 2 aliphatic heterocycles. The van der Waals surface area contributed by atoms with Gasteiger partial charge in [-0.15, -0.1) is 0 Å². The molecule has 130 valence electrons. The summed E-state index contributed by atoms with van der Waals surface area (Å²) in [5, 5.41) is 3.19. The van der Waals surface area contributed by atoms with Crippen molar-refractivity contribution in [2.45, 2.75) is 44.7 Å². The summed E-state index contributed by atoms with van der Waals surface area (Å²) in [6.07, 6.45) is 2.79. The number of benzene rings is 1. The second-order valence-electron chi connectivity index (χ2n) is 6.58. The van der Waals surface area contributed by atoms with Crippen LogP contribution in [0.25, 0.3) is 0 Å². The number of nitrogens with one attached hydrogen (secondary N) is 1. The van der Waals surface area contributed by atoms with Gasteiger partial charge in [-0.05, 0) is 31.7 Å². The van der Waals surface area contributed by atoms with E-state index in [-0.39, 0.29) is 29.8 Å². The highest BCUT2D eigenvalue weighted by molar-refractivity contribution is 5.85. The number of piperidine rings is 1. The number of hydrogen-bond acceptors (Lipinski definition) is 3. The normalized spacial score (nSPS) is 25.5. The molecule has 0 saturated carbocycles. The Labute approximate surface area is 143 Å². The van der Waals surface area contributed by atoms with E-state index in [1.54, 1.807) is 0 Å². The monoisotopic (exact) mass is 330 g/mol. The van der Waals surface area contributed by atoms with Crippen molar-refractivity contribution >= 4 is 11.8 Å². The van der Waals surface area contributed by atoms with Crippen molar-refractivity contribution in [3.05, 3.63) is 35.9 Å². The number of carbonyl (C=O) groups is 2. The SMILES string of the molecule is CCN1C(=O)CC[C@@H](C(=O)NC2CCOCC2)[C@@H]1c1ccccc1. The maximum absolute atomic E-state index is 12.9. The van der Waals surface area contributed by atoms with Crippen LogP contribution in [0.3, 0.4) is 0 Å². The van der Waals surface area contributed by atoms with Crippen molar-refractivity contribution in [2.75, 3.05) is 19.8 Å². The number of nitrogens with zero attached hydrogens (tertiary/aromatic N) is 1. The molecule has 0 spiro atoms. The van der Waals surface area contributed by atoms with Crippen molar-refractivity contribution in [1.82, 2.24) is 10.2 Å². The van der Waals surface area contributed by atoms with Crippen molar-refractivity contribution < 1.29 is 14.3 Å². The summed E-state index contributed by atoms with van der Waals surface area (Å²) in [7, 11) is 0. The summed E-state index contributed by atoms with van der Waals surface area (Å²) < 4.78 is 5.36. The molecule has 5 nitrogen and oxygen atoms in total. The molecule has 1 N–H and O–H groups in total. The topological polar surface area (TPSA) is 58.6 Å². The number of rotatable bonds is 4. The Hall–Kier alpha value is -1.88. The minimum Gasteiger partial charge on any atom is -0.381 e. The third-order valence-electron chi connectivity index (χ3n) is 5.09. The lowest BCUT2D eigenvalue weighted by molar-refractivity contribution is -0.143. The summed E-state index contributed by atoms with van der Waals surface area (Å²) in [5.41, 5.74) is 1.04. The number of likely N-dealkylation sites (tertiary alicyclic amines) is 1. The Morgan fingerprint density at radius 3 is 2.58 bits per heavy atom. The van der Waals surface area contributed by atoms with Gasteiger partial charge >= 0.3 is 0 Å². The Balaban J connectivity index is 1.80. The highest BCUT2D eigenvalue weighted by Gasteiger charge is 2.40. The molecular formula is C19H26N2O3. The summed E-state index contributed by atoms with van der Waals surface area (Å²) in [6.45, 7) is 4.01. The van der Waals surface area contributed by atoms with E-state index in [1.165, 1.54) is 0 Å². The average Bonchev–Trinajstić information content (AvgIpc) is 2.63. The minimum atomic E-state index is -0.187. The summed E-state index contributed by atoms with van der Waals surface area (Å²) in [5.74, 6) is 0.0241. The van der Waals surface area contributed by atoms with Gasteiger partial charge in [-0.25, -0.2) is 0 Å². The smallest absolute Gasteiger partial charge is 0.225 e. The Bertz CT molecular complexity index is 569. The minimum absolute atomic E-state index is 0.0710. The van der Waals surface area contributed by atoms with Crippen LogP contribution in [0.2, 0.25) is 0 Å². The molecule has 1 aromatic carbocycles. The quantitative estimate of drug-likeness (QED) is 0.921. The Morgan fingerprint density at radius 2 is 1.92 bits per heavy atom. The van der Waals surface area contributed by atoms with Crippen LogP contribution in [-0.4, -0.2) is 42.5 Å². The molecule has 2 heterocycles. The van der Waals surface area contributed by atoms with Crippen molar-refractivity contribution in [3.8, 4) is 0 Å². The highest BCUT2D eigenvalue weighted by atomic mass is 16.5. The lowest BCUT2D eigenvalue weighted by Gasteiger charge is -2.41. The molecule has 2 amide bonds. The third-order valence-corrected chi connectivity index (χ3v) is 5.09. The van der Waals surface area contributed by atoms with E-state index < -0.39 is 0 Å². The molecule has 1 aromatic rings. The molecule has 0 bridgehead atoms. The van der Waals surface area contributed by atoms with E-state index in [9.17, 15) is 9.59 Å². The van der Waals surface area contributed by atoms with Gasteiger partial charge in [0.2, 0.25) is 11.8 Å². The van der Waals surface area contributed by atoms with Crippen molar-refractivity contribution in [3.63, 3.8) is 0 Å². The van der Waals surface area contributed by atoms with Crippen LogP contribution in [0.1, 0.15) is 44.2 Å². The maximum Gasteiger partial charge on any atom is 0.225 e. The first-order valence-electron chi connectivity index (χ1n) is 8.93. The predicted molar refractivity (Wildman–Crippen MR) is 91.3 cm³/mol. The van der Waals surface area contributed by atoms with E-state index in [1.807, 2.05) is 42.2 Å². The number of hydrogen-bond donors (Lipinski definition) is 1. The highest BCUT2D eigenvalue weighted by Crippen LogP contribution is 2.36. The lowest BCUT2D eigenvalue weighted by atomic mass is 9.83. The van der Waals surface area contributed by atoms with Gasteiger partial charge in [0.15, 0.2) is 0 Å². The largest absolute Gasteiger partial charge is 0.381 e. The molecule has 2 fully saturated rings. The van der Waals surface area contributed by atoms with Gasteiger partial charge in [0, 0.05) is 32.2 Å². The van der Waals surface area contributed by atoms with Crippen molar-refractivity contribution in [2.24, 2.45) is 5.92 Å². The molecule has 0 radical (unpaired) electrons. The second-order valence-corrected chi connectivity index (χ2v) is 6.58. The fourth-order valence-electron chi connectivity index (χ4n) is 3.81. The first-order valence-corrected chi connectivity index (χ1v) is 8.93. The Morgan fingerprint density at radius 1 is 1.21 bits per heavy atom. The number of ether oxygens (including phenoxy) is 1. The summed E-state index contributed by atoms with van der Waals surface area (Å²) >= 11 is 0. The maximum atomic E-state index is 12.9. The van der Waals surface area contributed by atoms with Crippen LogP contribution >= 0.6 is 0 Å². The van der Waals surface area contributed by atoms with Crippen LogP contribution < -0.4 is 5.32 Å². The molecule has 24 heavy (non-hydrogen) atoms. The van der Waals surface area contributed by atoms with Gasteiger partial charge in [-0.1, -0.05) is 30.3 Å². The van der Waals surface area contributed by atoms with Crippen LogP contribution in [-0.2, 0) is 14.3 Å². The number of amides is 2. The van der Waals surface area contributed by atoms with E-state index in [0.29, 0.717) is 32.6 Å². The fraction of sp³-hybridized carbons (Fsp3) is 0.579. The molecule has 3 rings (SSSR count). The van der Waals surface area contributed by atoms with Gasteiger partial charge in [-0.3, -0.25) is 9.59 Å². The molecule has 2 atom stereocenters. The number of carbonyl (C=O) groups excluding carboxylic acids is 2. The van der Waals surface area contributed by atoms with Gasteiger partial charge in [0.1, 0.15) is 0 Å². The first-order chi connectivity index (χ1) is 11.7. The summed E-state index contributed by atoms with van der Waals surface area (Å²) in [6, 6.07) is 9.95. The standard InChI is InChI=1S/C19H26N2O3/c1-2-21-17(22)9-8-16(18(21)14-6-4-3-5-7-14)19(23)20-15-10-12-24-13-11-15/h3-7,15-16,18H,2,8-13H2,1H3,(H,20,23)/t16-,18+/m1/s1. The second kappa shape index (κ2) is 7.79. The average molecular weight is 330 g/mol. The van der Waals surface area contributed by atoms with E-state index in [0.717, 1.165) is 18.4 Å². The van der Waals surface area contributed by atoms with Gasteiger partial charge in [0.05, 0.1) is 12.0 Å². The zero-order chi connectivity index (χ0) is 16.9. The molecule has 2 aliphatic rings. The van der Waals surface area contributed by atoms with E-state index in [4.69, 9.17) is 4.74 Å².